The first-order valence-corrected chi connectivity index (χ1v) is 9.70. The van der Waals surface area contributed by atoms with Gasteiger partial charge in [0.25, 0.3) is 0 Å². The predicted octanol–water partition coefficient (Wildman–Crippen LogP) is 1.75. The molecule has 9 heteroatoms. The van der Waals surface area contributed by atoms with E-state index in [1.807, 2.05) is 11.6 Å². The minimum absolute atomic E-state index is 0.0221. The molecular formula is C16H23N7OS. The van der Waals surface area contributed by atoms with Crippen molar-refractivity contribution < 1.29 is 4.79 Å². The molecule has 2 aromatic rings. The number of aryl methyl sites for hydroxylation is 1. The van der Waals surface area contributed by atoms with Crippen molar-refractivity contribution in [2.75, 3.05) is 25.0 Å². The second kappa shape index (κ2) is 7.17. The first-order valence-electron chi connectivity index (χ1n) is 8.88. The highest BCUT2D eigenvalue weighted by molar-refractivity contribution is 7.15. The van der Waals surface area contributed by atoms with Gasteiger partial charge in [0.15, 0.2) is 0 Å². The van der Waals surface area contributed by atoms with Gasteiger partial charge in [-0.3, -0.25) is 4.79 Å². The molecule has 0 aromatic carbocycles. The van der Waals surface area contributed by atoms with Crippen molar-refractivity contribution in [3.63, 3.8) is 0 Å². The van der Waals surface area contributed by atoms with E-state index < -0.39 is 0 Å². The van der Waals surface area contributed by atoms with E-state index in [1.165, 1.54) is 24.2 Å². The number of nitrogens with one attached hydrogen (secondary N) is 1. The molecule has 0 atom stereocenters. The van der Waals surface area contributed by atoms with Gasteiger partial charge in [-0.1, -0.05) is 11.3 Å². The van der Waals surface area contributed by atoms with Crippen LogP contribution in [0.25, 0.3) is 0 Å². The molecule has 1 N–H and O–H groups in total. The van der Waals surface area contributed by atoms with Crippen LogP contribution in [0.4, 0.5) is 5.13 Å². The van der Waals surface area contributed by atoms with Gasteiger partial charge in [0.2, 0.25) is 11.0 Å². The Balaban J connectivity index is 1.19. The van der Waals surface area contributed by atoms with E-state index in [9.17, 15) is 4.79 Å². The standard InChI is InChI=1S/C16H23N7OS/c1-22-10-17-19-14(22)11-4-7-23(8-5-11)9-6-13(24)18-16-21-20-15(25-16)12-2-3-12/h10-12H,2-9H2,1H3,(H,18,21,24). The van der Waals surface area contributed by atoms with Gasteiger partial charge >= 0.3 is 0 Å². The number of aromatic nitrogens is 5. The Morgan fingerprint density at radius 2 is 2.00 bits per heavy atom. The van der Waals surface area contributed by atoms with Crippen molar-refractivity contribution in [1.82, 2.24) is 29.9 Å². The topological polar surface area (TPSA) is 88.8 Å². The third kappa shape index (κ3) is 4.04. The summed E-state index contributed by atoms with van der Waals surface area (Å²) < 4.78 is 2.01. The fourth-order valence-electron chi connectivity index (χ4n) is 3.30. The molecule has 0 bridgehead atoms. The van der Waals surface area contributed by atoms with Crippen LogP contribution in [0.15, 0.2) is 6.33 Å². The summed E-state index contributed by atoms with van der Waals surface area (Å²) in [5.74, 6) is 2.15. The van der Waals surface area contributed by atoms with Crippen LogP contribution in [-0.4, -0.2) is 55.4 Å². The molecule has 3 heterocycles. The van der Waals surface area contributed by atoms with Crippen molar-refractivity contribution in [3.05, 3.63) is 17.2 Å². The Morgan fingerprint density at radius 1 is 1.20 bits per heavy atom. The minimum Gasteiger partial charge on any atom is -0.320 e. The molecule has 1 amide bonds. The zero-order valence-electron chi connectivity index (χ0n) is 14.4. The maximum Gasteiger partial charge on any atom is 0.227 e. The van der Waals surface area contributed by atoms with Gasteiger partial charge in [-0.05, 0) is 38.8 Å². The number of likely N-dealkylation sites (tertiary alicyclic amines) is 1. The van der Waals surface area contributed by atoms with Gasteiger partial charge in [-0.15, -0.1) is 20.4 Å². The summed E-state index contributed by atoms with van der Waals surface area (Å²) in [6, 6.07) is 0. The van der Waals surface area contributed by atoms with Crippen LogP contribution in [0.2, 0.25) is 0 Å². The number of carbonyl (C=O) groups is 1. The number of amides is 1. The average molecular weight is 361 g/mol. The van der Waals surface area contributed by atoms with Crippen LogP contribution in [0.1, 0.15) is 54.8 Å². The highest BCUT2D eigenvalue weighted by Crippen LogP contribution is 2.42. The lowest BCUT2D eigenvalue weighted by molar-refractivity contribution is -0.116. The number of hydrogen-bond donors (Lipinski definition) is 1. The molecule has 2 aromatic heterocycles. The van der Waals surface area contributed by atoms with Gasteiger partial charge < -0.3 is 14.8 Å². The summed E-state index contributed by atoms with van der Waals surface area (Å²) in [5, 5.41) is 21.0. The smallest absolute Gasteiger partial charge is 0.227 e. The SMILES string of the molecule is Cn1cnnc1C1CCN(CCC(=O)Nc2nnc(C3CC3)s2)CC1. The molecule has 1 saturated heterocycles. The van der Waals surface area contributed by atoms with Crippen LogP contribution < -0.4 is 5.32 Å². The van der Waals surface area contributed by atoms with Gasteiger partial charge in [0.1, 0.15) is 17.2 Å². The van der Waals surface area contributed by atoms with E-state index in [2.05, 4.69) is 30.6 Å². The first kappa shape index (κ1) is 16.6. The molecule has 134 valence electrons. The fourth-order valence-corrected chi connectivity index (χ4v) is 4.23. The van der Waals surface area contributed by atoms with Crippen LogP contribution in [-0.2, 0) is 11.8 Å². The van der Waals surface area contributed by atoms with E-state index in [-0.39, 0.29) is 5.91 Å². The lowest BCUT2D eigenvalue weighted by Gasteiger charge is -2.31. The Hall–Kier alpha value is -1.87. The molecule has 1 saturated carbocycles. The number of rotatable bonds is 6. The van der Waals surface area contributed by atoms with Crippen LogP contribution in [0.3, 0.4) is 0 Å². The number of anilines is 1. The van der Waals surface area contributed by atoms with Gasteiger partial charge in [-0.25, -0.2) is 0 Å². The first-order chi connectivity index (χ1) is 12.2. The summed E-state index contributed by atoms with van der Waals surface area (Å²) in [6.07, 6.45) is 6.78. The number of hydrogen-bond acceptors (Lipinski definition) is 7. The summed E-state index contributed by atoms with van der Waals surface area (Å²) in [4.78, 5) is 14.5. The van der Waals surface area contributed by atoms with E-state index >= 15 is 0 Å². The van der Waals surface area contributed by atoms with E-state index in [1.54, 1.807) is 6.33 Å². The number of piperidine rings is 1. The van der Waals surface area contributed by atoms with Crippen molar-refractivity contribution >= 4 is 22.4 Å². The van der Waals surface area contributed by atoms with Crippen LogP contribution in [0.5, 0.6) is 0 Å². The second-order valence-corrected chi connectivity index (χ2v) is 7.94. The van der Waals surface area contributed by atoms with Gasteiger partial charge in [0, 0.05) is 31.8 Å². The minimum atomic E-state index is 0.0221. The van der Waals surface area contributed by atoms with Crippen LogP contribution >= 0.6 is 11.3 Å². The number of nitrogens with zero attached hydrogens (tertiary/aromatic N) is 6. The maximum absolute atomic E-state index is 12.1. The molecule has 8 nitrogen and oxygen atoms in total. The van der Waals surface area contributed by atoms with Crippen molar-refractivity contribution in [3.8, 4) is 0 Å². The van der Waals surface area contributed by atoms with Crippen molar-refractivity contribution in [1.29, 1.82) is 0 Å². The molecule has 2 fully saturated rings. The molecule has 4 rings (SSSR count). The largest absolute Gasteiger partial charge is 0.320 e. The molecule has 0 unspecified atom stereocenters. The monoisotopic (exact) mass is 361 g/mol. The molecule has 0 spiro atoms. The zero-order valence-corrected chi connectivity index (χ0v) is 15.2. The Labute approximate surface area is 150 Å². The Bertz CT molecular complexity index is 730. The molecular weight excluding hydrogens is 338 g/mol. The van der Waals surface area contributed by atoms with Crippen molar-refractivity contribution in [2.45, 2.75) is 43.9 Å². The summed E-state index contributed by atoms with van der Waals surface area (Å²) in [6.45, 7) is 2.77. The summed E-state index contributed by atoms with van der Waals surface area (Å²) in [7, 11) is 1.99. The normalized spacial score (nSPS) is 19.2. The highest BCUT2D eigenvalue weighted by atomic mass is 32.1. The molecule has 1 aliphatic carbocycles. The van der Waals surface area contributed by atoms with Gasteiger partial charge in [-0.2, -0.15) is 0 Å². The molecule has 0 radical (unpaired) electrons. The lowest BCUT2D eigenvalue weighted by Crippen LogP contribution is -2.35. The van der Waals surface area contributed by atoms with E-state index in [4.69, 9.17) is 0 Å². The third-order valence-corrected chi connectivity index (χ3v) is 5.97. The predicted molar refractivity (Wildman–Crippen MR) is 94.5 cm³/mol. The Kier molecular flexibility index (Phi) is 4.76. The lowest BCUT2D eigenvalue weighted by atomic mass is 9.96. The zero-order chi connectivity index (χ0) is 17.2. The third-order valence-electron chi connectivity index (χ3n) is 4.97. The second-order valence-electron chi connectivity index (χ2n) is 6.93. The summed E-state index contributed by atoms with van der Waals surface area (Å²) in [5.41, 5.74) is 0. The highest BCUT2D eigenvalue weighted by Gasteiger charge is 2.28. The molecule has 25 heavy (non-hydrogen) atoms. The molecule has 1 aliphatic heterocycles. The maximum atomic E-state index is 12.1. The Morgan fingerprint density at radius 3 is 2.68 bits per heavy atom. The molecule has 2 aliphatic rings. The number of carbonyl (C=O) groups excluding carboxylic acids is 1. The quantitative estimate of drug-likeness (QED) is 0.843. The van der Waals surface area contributed by atoms with E-state index in [0.717, 1.165) is 43.3 Å². The average Bonchev–Trinajstić information content (AvgIpc) is 3.22. The van der Waals surface area contributed by atoms with Gasteiger partial charge in [0.05, 0.1) is 0 Å². The summed E-state index contributed by atoms with van der Waals surface area (Å²) >= 11 is 1.51. The van der Waals surface area contributed by atoms with E-state index in [0.29, 0.717) is 23.4 Å². The van der Waals surface area contributed by atoms with Crippen molar-refractivity contribution in [2.24, 2.45) is 7.05 Å². The van der Waals surface area contributed by atoms with Crippen LogP contribution in [0, 0.1) is 0 Å². The fraction of sp³-hybridized carbons (Fsp3) is 0.688.